The van der Waals surface area contributed by atoms with Gasteiger partial charge in [-0.15, -0.1) is 0 Å². The number of nitrogens with zero attached hydrogens (tertiary/aromatic N) is 1. The number of carboxylic acids is 1. The van der Waals surface area contributed by atoms with Crippen molar-refractivity contribution in [3.8, 4) is 0 Å². The van der Waals surface area contributed by atoms with Gasteiger partial charge in [0.15, 0.2) is 0 Å². The summed E-state index contributed by atoms with van der Waals surface area (Å²) >= 11 is 0. The van der Waals surface area contributed by atoms with Crippen LogP contribution in [0.2, 0.25) is 0 Å². The zero-order valence-electron chi connectivity index (χ0n) is 20.5. The number of hydrogen-bond acceptors (Lipinski definition) is 5. The van der Waals surface area contributed by atoms with E-state index in [1.807, 2.05) is 6.92 Å². The molecular weight excluding hydrogens is 497 g/mol. The standard InChI is InChI=1S/C27H30FN3O5S/c1-17(18-2-7-21(28)8-3-18)29-27(34)19-4-10-23(11-5-19)31-37(35,36)24-13-14-25-20(16-24)6-9-22(30-25)12-15-26(32)33/h2-3,6-9,13-14,16-17,19,23,31H,4-5,10-12,15H2,1H3,(H,29,34)(H,32,33)/t17-,19?,23?/m1/s1. The van der Waals surface area contributed by atoms with E-state index in [4.69, 9.17) is 5.11 Å². The van der Waals surface area contributed by atoms with Crippen LogP contribution in [0.15, 0.2) is 59.5 Å². The first-order valence-corrected chi connectivity index (χ1v) is 13.8. The van der Waals surface area contributed by atoms with Gasteiger partial charge in [0.2, 0.25) is 15.9 Å². The molecule has 1 atom stereocenters. The minimum Gasteiger partial charge on any atom is -0.481 e. The van der Waals surface area contributed by atoms with Crippen LogP contribution in [-0.4, -0.2) is 36.4 Å². The van der Waals surface area contributed by atoms with Gasteiger partial charge in [-0.05, 0) is 74.6 Å². The number of aliphatic carboxylic acids is 1. The Morgan fingerprint density at radius 2 is 1.76 bits per heavy atom. The molecule has 0 saturated heterocycles. The first-order chi connectivity index (χ1) is 17.6. The van der Waals surface area contributed by atoms with E-state index in [9.17, 15) is 22.4 Å². The highest BCUT2D eigenvalue weighted by atomic mass is 32.2. The maximum Gasteiger partial charge on any atom is 0.303 e. The summed E-state index contributed by atoms with van der Waals surface area (Å²) in [6.45, 7) is 1.85. The SMILES string of the molecule is C[C@@H](NC(=O)C1CCC(NS(=O)(=O)c2ccc3nc(CCC(=O)O)ccc3c2)CC1)c1ccc(F)cc1. The fraction of sp³-hybridized carbons (Fsp3) is 0.370. The second kappa shape index (κ2) is 11.4. The molecule has 0 radical (unpaired) electrons. The average molecular weight is 528 g/mol. The summed E-state index contributed by atoms with van der Waals surface area (Å²) in [5.41, 5.74) is 2.05. The molecule has 37 heavy (non-hydrogen) atoms. The van der Waals surface area contributed by atoms with Gasteiger partial charge < -0.3 is 10.4 Å². The van der Waals surface area contributed by atoms with Gasteiger partial charge in [-0.1, -0.05) is 18.2 Å². The molecule has 0 spiro atoms. The molecule has 1 aliphatic carbocycles. The number of carboxylic acid groups (broad SMARTS) is 1. The molecule has 4 rings (SSSR count). The Hall–Kier alpha value is -3.37. The van der Waals surface area contributed by atoms with Crippen LogP contribution in [-0.2, 0) is 26.0 Å². The number of fused-ring (bicyclic) bond motifs is 1. The summed E-state index contributed by atoms with van der Waals surface area (Å²) in [4.78, 5) is 28.1. The third-order valence-electron chi connectivity index (χ3n) is 6.77. The Morgan fingerprint density at radius 3 is 2.43 bits per heavy atom. The fourth-order valence-electron chi connectivity index (χ4n) is 4.61. The highest BCUT2D eigenvalue weighted by Crippen LogP contribution is 2.27. The number of nitrogens with one attached hydrogen (secondary N) is 2. The molecule has 1 fully saturated rings. The Balaban J connectivity index is 1.32. The van der Waals surface area contributed by atoms with Gasteiger partial charge in [-0.2, -0.15) is 0 Å². The van der Waals surface area contributed by atoms with Crippen molar-refractivity contribution in [2.75, 3.05) is 0 Å². The van der Waals surface area contributed by atoms with Crippen LogP contribution in [0.5, 0.6) is 0 Å². The predicted octanol–water partition coefficient (Wildman–Crippen LogP) is 4.11. The minimum absolute atomic E-state index is 0.0218. The summed E-state index contributed by atoms with van der Waals surface area (Å²) in [7, 11) is -3.77. The number of aromatic nitrogens is 1. The molecule has 0 unspecified atom stereocenters. The van der Waals surface area contributed by atoms with E-state index in [0.717, 1.165) is 5.56 Å². The minimum atomic E-state index is -3.77. The Bertz CT molecular complexity index is 1390. The number of carbonyl (C=O) groups excluding carboxylic acids is 1. The van der Waals surface area contributed by atoms with E-state index >= 15 is 0 Å². The maximum atomic E-state index is 13.1. The van der Waals surface area contributed by atoms with E-state index in [0.29, 0.717) is 48.7 Å². The van der Waals surface area contributed by atoms with Crippen LogP contribution in [0.4, 0.5) is 4.39 Å². The van der Waals surface area contributed by atoms with E-state index < -0.39 is 16.0 Å². The first-order valence-electron chi connectivity index (χ1n) is 12.3. The zero-order chi connectivity index (χ0) is 26.6. The number of amides is 1. The lowest BCUT2D eigenvalue weighted by Crippen LogP contribution is -2.41. The normalized spacial score (nSPS) is 18.9. The summed E-state index contributed by atoms with van der Waals surface area (Å²) in [6, 6.07) is 13.6. The van der Waals surface area contributed by atoms with Crippen molar-refractivity contribution in [1.29, 1.82) is 0 Å². The summed E-state index contributed by atoms with van der Waals surface area (Å²) in [5.74, 6) is -1.51. The number of halogens is 1. The summed E-state index contributed by atoms with van der Waals surface area (Å²) in [6.07, 6.45) is 2.51. The number of aryl methyl sites for hydroxylation is 1. The molecular formula is C27H30FN3O5S. The molecule has 1 aromatic heterocycles. The number of sulfonamides is 1. The largest absolute Gasteiger partial charge is 0.481 e. The lowest BCUT2D eigenvalue weighted by molar-refractivity contribution is -0.137. The number of hydrogen-bond donors (Lipinski definition) is 3. The van der Waals surface area contributed by atoms with Crippen LogP contribution in [0, 0.1) is 11.7 Å². The number of benzene rings is 2. The van der Waals surface area contributed by atoms with Gasteiger partial charge in [0, 0.05) is 29.5 Å². The molecule has 1 amide bonds. The fourth-order valence-corrected chi connectivity index (χ4v) is 5.95. The highest BCUT2D eigenvalue weighted by Gasteiger charge is 2.30. The van der Waals surface area contributed by atoms with E-state index in [1.165, 1.54) is 18.2 Å². The second-order valence-corrected chi connectivity index (χ2v) is 11.2. The second-order valence-electron chi connectivity index (χ2n) is 9.50. The number of carbonyl (C=O) groups is 2. The highest BCUT2D eigenvalue weighted by molar-refractivity contribution is 7.89. The zero-order valence-corrected chi connectivity index (χ0v) is 21.3. The van der Waals surface area contributed by atoms with Crippen molar-refractivity contribution >= 4 is 32.8 Å². The van der Waals surface area contributed by atoms with Crippen LogP contribution in [0.3, 0.4) is 0 Å². The van der Waals surface area contributed by atoms with Gasteiger partial charge in [0.05, 0.1) is 22.9 Å². The topological polar surface area (TPSA) is 125 Å². The quantitative estimate of drug-likeness (QED) is 0.385. The van der Waals surface area contributed by atoms with Crippen molar-refractivity contribution in [2.45, 2.75) is 62.4 Å². The van der Waals surface area contributed by atoms with Gasteiger partial charge in [-0.3, -0.25) is 14.6 Å². The molecule has 0 bridgehead atoms. The van der Waals surface area contributed by atoms with E-state index in [-0.39, 0.29) is 41.0 Å². The van der Waals surface area contributed by atoms with Crippen molar-refractivity contribution < 1.29 is 27.5 Å². The third kappa shape index (κ3) is 6.90. The Kier molecular flexibility index (Phi) is 8.19. The molecule has 10 heteroatoms. The van der Waals surface area contributed by atoms with Crippen LogP contribution in [0.1, 0.15) is 56.3 Å². The number of rotatable bonds is 9. The van der Waals surface area contributed by atoms with E-state index in [2.05, 4.69) is 15.0 Å². The summed E-state index contributed by atoms with van der Waals surface area (Å²) in [5, 5.41) is 12.5. The predicted molar refractivity (Wildman–Crippen MR) is 137 cm³/mol. The molecule has 1 aliphatic rings. The Morgan fingerprint density at radius 1 is 1.05 bits per heavy atom. The molecule has 0 aliphatic heterocycles. The molecule has 1 heterocycles. The van der Waals surface area contributed by atoms with Crippen molar-refractivity contribution in [3.63, 3.8) is 0 Å². The number of pyridine rings is 1. The van der Waals surface area contributed by atoms with Gasteiger partial charge in [-0.25, -0.2) is 17.5 Å². The smallest absolute Gasteiger partial charge is 0.303 e. The van der Waals surface area contributed by atoms with Crippen molar-refractivity contribution in [1.82, 2.24) is 15.0 Å². The lowest BCUT2D eigenvalue weighted by atomic mass is 9.85. The van der Waals surface area contributed by atoms with Crippen molar-refractivity contribution in [2.24, 2.45) is 5.92 Å². The van der Waals surface area contributed by atoms with Gasteiger partial charge in [0.1, 0.15) is 5.82 Å². The third-order valence-corrected chi connectivity index (χ3v) is 8.29. The first kappa shape index (κ1) is 26.7. The van der Waals surface area contributed by atoms with Crippen molar-refractivity contribution in [3.05, 3.63) is 71.7 Å². The molecule has 196 valence electrons. The van der Waals surface area contributed by atoms with Crippen LogP contribution < -0.4 is 10.0 Å². The molecule has 3 N–H and O–H groups in total. The van der Waals surface area contributed by atoms with Crippen LogP contribution >= 0.6 is 0 Å². The van der Waals surface area contributed by atoms with E-state index in [1.54, 1.807) is 36.4 Å². The Labute approximate surface area is 215 Å². The van der Waals surface area contributed by atoms with Crippen LogP contribution in [0.25, 0.3) is 10.9 Å². The average Bonchev–Trinajstić information content (AvgIpc) is 2.87. The summed E-state index contributed by atoms with van der Waals surface area (Å²) < 4.78 is 42.0. The lowest BCUT2D eigenvalue weighted by Gasteiger charge is -2.29. The molecule has 3 aromatic rings. The maximum absolute atomic E-state index is 13.1. The molecule has 2 aromatic carbocycles. The van der Waals surface area contributed by atoms with Gasteiger partial charge in [0.25, 0.3) is 0 Å². The van der Waals surface area contributed by atoms with Gasteiger partial charge >= 0.3 is 5.97 Å². The molecule has 1 saturated carbocycles. The molecule has 8 nitrogen and oxygen atoms in total. The monoisotopic (exact) mass is 527 g/mol.